The van der Waals surface area contributed by atoms with E-state index in [1.165, 1.54) is 6.20 Å². The molecule has 10 nitrogen and oxygen atoms in total. The SMILES string of the molecule is CN(C)c1ccc2oc(C(=O)Nc3ccc(Cl)cn3)c(NC(=O)C3CCC(N4CCCC4=O)CC3)c2n1. The lowest BCUT2D eigenvalue weighted by Gasteiger charge is -2.34. The van der Waals surface area contributed by atoms with Crippen molar-refractivity contribution in [3.8, 4) is 0 Å². The summed E-state index contributed by atoms with van der Waals surface area (Å²) >= 11 is 5.90. The first-order chi connectivity index (χ1) is 17.8. The third-order valence-corrected chi connectivity index (χ3v) is 7.24. The zero-order chi connectivity index (χ0) is 26.1. The lowest BCUT2D eigenvalue weighted by Crippen LogP contribution is -2.40. The van der Waals surface area contributed by atoms with Crippen LogP contribution in [0, 0.1) is 5.92 Å². The molecule has 0 radical (unpaired) electrons. The average molecular weight is 525 g/mol. The van der Waals surface area contributed by atoms with Gasteiger partial charge in [-0.1, -0.05) is 11.6 Å². The molecule has 0 atom stereocenters. The van der Waals surface area contributed by atoms with Crippen molar-refractivity contribution in [2.45, 2.75) is 44.6 Å². The van der Waals surface area contributed by atoms with Crippen LogP contribution in [0.3, 0.4) is 0 Å². The van der Waals surface area contributed by atoms with Crippen LogP contribution in [0.4, 0.5) is 17.3 Å². The number of anilines is 3. The van der Waals surface area contributed by atoms with Crippen LogP contribution in [0.15, 0.2) is 34.9 Å². The van der Waals surface area contributed by atoms with Crippen molar-refractivity contribution in [2.24, 2.45) is 5.92 Å². The van der Waals surface area contributed by atoms with Gasteiger partial charge in [-0.25, -0.2) is 9.97 Å². The number of hydrogen-bond donors (Lipinski definition) is 2. The van der Waals surface area contributed by atoms with Crippen LogP contribution in [0.25, 0.3) is 11.1 Å². The number of likely N-dealkylation sites (tertiary alicyclic amines) is 1. The number of carbonyl (C=O) groups excluding carboxylic acids is 3. The summed E-state index contributed by atoms with van der Waals surface area (Å²) in [6.07, 6.45) is 5.86. The van der Waals surface area contributed by atoms with Crippen molar-refractivity contribution in [3.05, 3.63) is 41.2 Å². The molecule has 1 aliphatic heterocycles. The summed E-state index contributed by atoms with van der Waals surface area (Å²) in [6.45, 7) is 0.808. The molecule has 194 valence electrons. The van der Waals surface area contributed by atoms with E-state index in [1.54, 1.807) is 24.3 Å². The Balaban J connectivity index is 1.38. The highest BCUT2D eigenvalue weighted by Crippen LogP contribution is 2.35. The van der Waals surface area contributed by atoms with E-state index in [-0.39, 0.29) is 35.2 Å². The molecule has 0 aromatic carbocycles. The monoisotopic (exact) mass is 524 g/mol. The van der Waals surface area contributed by atoms with Gasteiger partial charge in [-0.3, -0.25) is 14.4 Å². The maximum absolute atomic E-state index is 13.4. The minimum atomic E-state index is -0.564. The van der Waals surface area contributed by atoms with Gasteiger partial charge in [0, 0.05) is 45.2 Å². The van der Waals surface area contributed by atoms with Crippen LogP contribution in [-0.4, -0.2) is 59.3 Å². The van der Waals surface area contributed by atoms with Gasteiger partial charge >= 0.3 is 0 Å². The largest absolute Gasteiger partial charge is 0.447 e. The molecule has 37 heavy (non-hydrogen) atoms. The highest BCUT2D eigenvalue weighted by atomic mass is 35.5. The molecule has 2 fully saturated rings. The van der Waals surface area contributed by atoms with Crippen LogP contribution in [0.2, 0.25) is 5.02 Å². The van der Waals surface area contributed by atoms with E-state index in [0.717, 1.165) is 25.8 Å². The fraction of sp³-hybridized carbons (Fsp3) is 0.423. The van der Waals surface area contributed by atoms with Crippen molar-refractivity contribution >= 4 is 57.7 Å². The zero-order valence-electron chi connectivity index (χ0n) is 20.8. The van der Waals surface area contributed by atoms with Crippen LogP contribution in [-0.2, 0) is 9.59 Å². The molecule has 2 N–H and O–H groups in total. The summed E-state index contributed by atoms with van der Waals surface area (Å²) in [6, 6.07) is 6.89. The topological polar surface area (TPSA) is 121 Å². The number of nitrogens with one attached hydrogen (secondary N) is 2. The number of rotatable bonds is 6. The average Bonchev–Trinajstić information content (AvgIpc) is 3.48. The first-order valence-corrected chi connectivity index (χ1v) is 12.8. The maximum Gasteiger partial charge on any atom is 0.294 e. The van der Waals surface area contributed by atoms with Gasteiger partial charge in [0.1, 0.15) is 22.8 Å². The van der Waals surface area contributed by atoms with Crippen molar-refractivity contribution in [2.75, 3.05) is 36.2 Å². The lowest BCUT2D eigenvalue weighted by molar-refractivity contribution is -0.130. The Morgan fingerprint density at radius 3 is 2.54 bits per heavy atom. The van der Waals surface area contributed by atoms with E-state index in [1.807, 2.05) is 23.9 Å². The van der Waals surface area contributed by atoms with E-state index >= 15 is 0 Å². The molecule has 1 saturated carbocycles. The quantitative estimate of drug-likeness (QED) is 0.492. The second-order valence-electron chi connectivity index (χ2n) is 9.72. The van der Waals surface area contributed by atoms with E-state index in [0.29, 0.717) is 47.0 Å². The summed E-state index contributed by atoms with van der Waals surface area (Å²) in [7, 11) is 3.71. The zero-order valence-corrected chi connectivity index (χ0v) is 21.5. The molecule has 0 bridgehead atoms. The Hall–Kier alpha value is -3.66. The molecule has 11 heteroatoms. The highest BCUT2D eigenvalue weighted by Gasteiger charge is 2.34. The molecule has 0 spiro atoms. The number of hydrogen-bond acceptors (Lipinski definition) is 7. The lowest BCUT2D eigenvalue weighted by atomic mass is 9.84. The predicted molar refractivity (Wildman–Crippen MR) is 141 cm³/mol. The molecular formula is C26H29ClN6O4. The smallest absolute Gasteiger partial charge is 0.294 e. The molecule has 3 aromatic rings. The number of halogens is 1. The van der Waals surface area contributed by atoms with Crippen LogP contribution in [0.1, 0.15) is 49.1 Å². The van der Waals surface area contributed by atoms with Gasteiger partial charge in [-0.05, 0) is 56.4 Å². The van der Waals surface area contributed by atoms with Gasteiger partial charge in [0.05, 0.1) is 5.02 Å². The second kappa shape index (κ2) is 10.4. The van der Waals surface area contributed by atoms with Crippen LogP contribution >= 0.6 is 11.6 Å². The first kappa shape index (κ1) is 25.0. The molecule has 4 heterocycles. The van der Waals surface area contributed by atoms with Crippen molar-refractivity contribution in [1.29, 1.82) is 0 Å². The number of furan rings is 1. The molecule has 1 aliphatic carbocycles. The summed E-state index contributed by atoms with van der Waals surface area (Å²) in [4.78, 5) is 51.2. The van der Waals surface area contributed by atoms with E-state index in [4.69, 9.17) is 16.0 Å². The molecule has 1 saturated heterocycles. The second-order valence-corrected chi connectivity index (χ2v) is 10.2. The first-order valence-electron chi connectivity index (χ1n) is 12.4. The minimum absolute atomic E-state index is 0.0557. The van der Waals surface area contributed by atoms with Gasteiger partial charge < -0.3 is 24.9 Å². The molecular weight excluding hydrogens is 496 g/mol. The normalized spacial score (nSPS) is 19.8. The van der Waals surface area contributed by atoms with Gasteiger partial charge in [-0.15, -0.1) is 0 Å². The van der Waals surface area contributed by atoms with Gasteiger partial charge in [0.15, 0.2) is 5.58 Å². The predicted octanol–water partition coefficient (Wildman–Crippen LogP) is 4.31. The van der Waals surface area contributed by atoms with Crippen LogP contribution in [0.5, 0.6) is 0 Å². The van der Waals surface area contributed by atoms with Crippen LogP contribution < -0.4 is 15.5 Å². The van der Waals surface area contributed by atoms with Crippen molar-refractivity contribution in [3.63, 3.8) is 0 Å². The molecule has 3 aromatic heterocycles. The van der Waals surface area contributed by atoms with Gasteiger partial charge in [0.2, 0.25) is 17.6 Å². The fourth-order valence-electron chi connectivity index (χ4n) is 5.04. The van der Waals surface area contributed by atoms with Gasteiger partial charge in [0.25, 0.3) is 5.91 Å². The summed E-state index contributed by atoms with van der Waals surface area (Å²) in [5.41, 5.74) is 1.00. The van der Waals surface area contributed by atoms with E-state index < -0.39 is 5.91 Å². The van der Waals surface area contributed by atoms with E-state index in [9.17, 15) is 14.4 Å². The Kier molecular flexibility index (Phi) is 7.01. The van der Waals surface area contributed by atoms with Crippen molar-refractivity contribution < 1.29 is 18.8 Å². The standard InChI is InChI=1S/C26H29ClN6O4/c1-32(2)20-12-10-18-22(30-20)23(24(37-18)26(36)29-19-11-7-16(27)14-28-19)31-25(35)15-5-8-17(9-6-15)33-13-3-4-21(33)34/h7,10-12,14-15,17H,3-6,8-9,13H2,1-2H3,(H,31,35)(H,28,29,36). The molecule has 0 unspecified atom stereocenters. The summed E-state index contributed by atoms with van der Waals surface area (Å²) in [5, 5.41) is 6.07. The number of carbonyl (C=O) groups is 3. The molecule has 2 aliphatic rings. The Bertz CT molecular complexity index is 1330. The highest BCUT2D eigenvalue weighted by molar-refractivity contribution is 6.30. The third kappa shape index (κ3) is 5.24. The third-order valence-electron chi connectivity index (χ3n) is 7.02. The summed E-state index contributed by atoms with van der Waals surface area (Å²) in [5.74, 6) is 0.126. The Labute approximate surface area is 219 Å². The molecule has 5 rings (SSSR count). The van der Waals surface area contributed by atoms with E-state index in [2.05, 4.69) is 20.6 Å². The van der Waals surface area contributed by atoms with Gasteiger partial charge in [-0.2, -0.15) is 0 Å². The van der Waals surface area contributed by atoms with Crippen molar-refractivity contribution in [1.82, 2.24) is 14.9 Å². The Morgan fingerprint density at radius 2 is 1.89 bits per heavy atom. The number of nitrogens with zero attached hydrogens (tertiary/aromatic N) is 4. The number of fused-ring (bicyclic) bond motifs is 1. The molecule has 3 amide bonds. The minimum Gasteiger partial charge on any atom is -0.447 e. The Morgan fingerprint density at radius 1 is 1.11 bits per heavy atom. The number of aromatic nitrogens is 2. The maximum atomic E-state index is 13.4. The fourth-order valence-corrected chi connectivity index (χ4v) is 5.16. The number of amides is 3. The summed E-state index contributed by atoms with van der Waals surface area (Å²) < 4.78 is 5.87. The number of pyridine rings is 2.